The van der Waals surface area contributed by atoms with Gasteiger partial charge in [-0.15, -0.1) is 7.37 Å². The SMILES string of the molecule is [CH2-]P(C)(=O)[O-].[W+2]. The van der Waals surface area contributed by atoms with Crippen LogP contribution in [0.4, 0.5) is 0 Å². The molecule has 0 aromatic heterocycles. The summed E-state index contributed by atoms with van der Waals surface area (Å²) in [5, 5.41) is 0. The van der Waals surface area contributed by atoms with Crippen molar-refractivity contribution < 1.29 is 30.5 Å². The van der Waals surface area contributed by atoms with Crippen LogP contribution in [0.5, 0.6) is 0 Å². The van der Waals surface area contributed by atoms with Crippen LogP contribution in [0.1, 0.15) is 0 Å². The predicted molar refractivity (Wildman–Crippen MR) is 18.9 cm³/mol. The van der Waals surface area contributed by atoms with Gasteiger partial charge in [-0.25, -0.2) is 0 Å². The van der Waals surface area contributed by atoms with Crippen LogP contribution in [0.2, 0.25) is 0 Å². The topological polar surface area (TPSA) is 40.1 Å². The summed E-state index contributed by atoms with van der Waals surface area (Å²) in [5.74, 6) is 0. The second-order valence-electron chi connectivity index (χ2n) is 1.01. The summed E-state index contributed by atoms with van der Waals surface area (Å²) >= 11 is 0. The van der Waals surface area contributed by atoms with Crippen LogP contribution in [0.15, 0.2) is 0 Å². The maximum atomic E-state index is 9.55. The summed E-state index contributed by atoms with van der Waals surface area (Å²) in [4.78, 5) is 9.55. The summed E-state index contributed by atoms with van der Waals surface area (Å²) < 4.78 is 9.55. The van der Waals surface area contributed by atoms with Crippen molar-refractivity contribution in [1.29, 1.82) is 0 Å². The third-order valence-corrected chi connectivity index (χ3v) is 0. The van der Waals surface area contributed by atoms with E-state index in [0.29, 0.717) is 0 Å². The molecule has 0 heterocycles. The molecule has 0 aliphatic heterocycles. The standard InChI is InChI=1S/C2H6O2P.W/c1-5(2,3)4;/h1H2,2H3,(H,3,4);/q-1;+2/p-1. The van der Waals surface area contributed by atoms with Crippen LogP contribution in [-0.2, 0) is 25.6 Å². The Labute approximate surface area is 51.7 Å². The van der Waals surface area contributed by atoms with Gasteiger partial charge in [0.2, 0.25) is 0 Å². The second kappa shape index (κ2) is 2.96. The van der Waals surface area contributed by atoms with Gasteiger partial charge in [0.1, 0.15) is 0 Å². The third-order valence-electron chi connectivity index (χ3n) is 0. The molecular formula is C2H5O2PW. The maximum Gasteiger partial charge on any atom is 2.00 e. The molecule has 0 radical (unpaired) electrons. The van der Waals surface area contributed by atoms with Crippen LogP contribution in [-0.4, -0.2) is 6.66 Å². The molecule has 0 rings (SSSR count). The van der Waals surface area contributed by atoms with E-state index in [1.165, 1.54) is 0 Å². The summed E-state index contributed by atoms with van der Waals surface area (Å²) in [6.45, 7) is 3.85. The molecule has 4 heteroatoms. The molecule has 1 atom stereocenters. The summed E-state index contributed by atoms with van der Waals surface area (Å²) in [6, 6.07) is 0. The molecule has 0 aliphatic rings. The fourth-order valence-corrected chi connectivity index (χ4v) is 0. The molecule has 1 unspecified atom stereocenters. The summed E-state index contributed by atoms with van der Waals surface area (Å²) in [7, 11) is -3.14. The molecule has 0 fully saturated rings. The predicted octanol–water partition coefficient (Wildman–Crippen LogP) is 0.0437. The minimum Gasteiger partial charge on any atom is -0.823 e. The van der Waals surface area contributed by atoms with Crippen LogP contribution >= 0.6 is 7.37 Å². The van der Waals surface area contributed by atoms with E-state index in [2.05, 4.69) is 6.66 Å². The molecule has 0 N–H and O–H groups in total. The minimum atomic E-state index is -3.14. The summed E-state index contributed by atoms with van der Waals surface area (Å²) in [5.41, 5.74) is 0. The molecule has 6 heavy (non-hydrogen) atoms. The minimum absolute atomic E-state index is 0. The van der Waals surface area contributed by atoms with Gasteiger partial charge in [-0.05, 0) is 0 Å². The number of hydrogen-bond donors (Lipinski definition) is 0. The van der Waals surface area contributed by atoms with E-state index in [-0.39, 0.29) is 21.1 Å². The van der Waals surface area contributed by atoms with E-state index in [1.807, 2.05) is 0 Å². The third kappa shape index (κ3) is 95.1. The number of rotatable bonds is 0. The van der Waals surface area contributed by atoms with Gasteiger partial charge < -0.3 is 9.46 Å². The molecule has 0 spiro atoms. The molecular weight excluding hydrogens is 271 g/mol. The van der Waals surface area contributed by atoms with Crippen LogP contribution in [0.25, 0.3) is 0 Å². The fraction of sp³-hybridized carbons (Fsp3) is 0.500. The molecule has 0 aromatic carbocycles. The van der Waals surface area contributed by atoms with E-state index >= 15 is 0 Å². The first-order chi connectivity index (χ1) is 2.00. The quantitative estimate of drug-likeness (QED) is 0.463. The maximum absolute atomic E-state index is 9.55. The fourth-order valence-electron chi connectivity index (χ4n) is 0. The van der Waals surface area contributed by atoms with Crippen molar-refractivity contribution in [2.75, 3.05) is 6.66 Å². The molecule has 0 amide bonds. The van der Waals surface area contributed by atoms with Crippen LogP contribution in [0, 0.1) is 6.66 Å². The van der Waals surface area contributed by atoms with Crippen molar-refractivity contribution in [1.82, 2.24) is 0 Å². The Kier molecular flexibility index (Phi) is 4.92. The van der Waals surface area contributed by atoms with Gasteiger partial charge in [0.15, 0.2) is 0 Å². The molecule has 2 nitrogen and oxygen atoms in total. The van der Waals surface area contributed by atoms with Crippen molar-refractivity contribution in [3.05, 3.63) is 6.66 Å². The van der Waals surface area contributed by atoms with Crippen molar-refractivity contribution in [2.45, 2.75) is 0 Å². The Bertz CT molecular complexity index is 57.7. The van der Waals surface area contributed by atoms with E-state index < -0.39 is 7.37 Å². The number of hydrogen-bond acceptors (Lipinski definition) is 2. The molecule has 0 saturated heterocycles. The average Bonchev–Trinajstić information content (AvgIpc) is 0.722. The van der Waals surface area contributed by atoms with Crippen molar-refractivity contribution in [3.63, 3.8) is 0 Å². The van der Waals surface area contributed by atoms with Crippen LogP contribution in [0.3, 0.4) is 0 Å². The van der Waals surface area contributed by atoms with Crippen molar-refractivity contribution >= 4 is 7.37 Å². The Morgan fingerprint density at radius 3 is 1.83 bits per heavy atom. The van der Waals surface area contributed by atoms with E-state index in [0.717, 1.165) is 6.66 Å². The zero-order chi connectivity index (χ0) is 4.50. The van der Waals surface area contributed by atoms with Crippen molar-refractivity contribution in [3.8, 4) is 0 Å². The average molecular weight is 276 g/mol. The largest absolute Gasteiger partial charge is 2.00 e. The normalized spacial score (nSPS) is 17.8. The van der Waals surface area contributed by atoms with E-state index in [4.69, 9.17) is 0 Å². The summed E-state index contributed by atoms with van der Waals surface area (Å²) in [6.07, 6.45) is 0. The van der Waals surface area contributed by atoms with Gasteiger partial charge in [-0.2, -0.15) is 0 Å². The molecule has 0 bridgehead atoms. The first-order valence-corrected chi connectivity index (χ1v) is 3.39. The van der Waals surface area contributed by atoms with E-state index in [9.17, 15) is 9.46 Å². The zero-order valence-corrected chi connectivity index (χ0v) is 7.21. The Morgan fingerprint density at radius 1 is 1.83 bits per heavy atom. The van der Waals surface area contributed by atoms with Gasteiger partial charge in [0, 0.05) is 0 Å². The Balaban J connectivity index is 0. The van der Waals surface area contributed by atoms with E-state index in [1.54, 1.807) is 0 Å². The van der Waals surface area contributed by atoms with Gasteiger partial charge in [-0.3, -0.25) is 6.66 Å². The Hall–Kier alpha value is 0.878. The first kappa shape index (κ1) is 9.99. The molecule has 0 aliphatic carbocycles. The smallest absolute Gasteiger partial charge is 0.823 e. The monoisotopic (exact) mass is 276 g/mol. The first-order valence-electron chi connectivity index (χ1n) is 1.13. The van der Waals surface area contributed by atoms with Gasteiger partial charge in [0.05, 0.1) is 0 Å². The molecule has 0 aromatic rings. The van der Waals surface area contributed by atoms with Crippen LogP contribution < -0.4 is 4.89 Å². The van der Waals surface area contributed by atoms with Crippen molar-refractivity contribution in [2.24, 2.45) is 0 Å². The zero-order valence-electron chi connectivity index (χ0n) is 3.38. The Morgan fingerprint density at radius 2 is 1.83 bits per heavy atom. The van der Waals surface area contributed by atoms with Gasteiger partial charge in [0.25, 0.3) is 0 Å². The molecule has 36 valence electrons. The second-order valence-corrected chi connectivity index (χ2v) is 3.04. The molecule has 0 saturated carbocycles. The van der Waals surface area contributed by atoms with Gasteiger partial charge in [-0.1, -0.05) is 6.66 Å². The van der Waals surface area contributed by atoms with Gasteiger partial charge >= 0.3 is 21.1 Å².